The monoisotopic (exact) mass is 336 g/mol. The molecule has 0 unspecified atom stereocenters. The number of aryl methyl sites for hydroxylation is 1. The van der Waals surface area contributed by atoms with Gasteiger partial charge in [0.2, 0.25) is 0 Å². The maximum absolute atomic E-state index is 11.7. The van der Waals surface area contributed by atoms with Gasteiger partial charge >= 0.3 is 5.97 Å². The Hall–Kier alpha value is -3.08. The smallest absolute Gasteiger partial charge is 0.354 e. The number of imidazole rings is 1. The summed E-state index contributed by atoms with van der Waals surface area (Å²) in [5, 5.41) is 9.63. The van der Waals surface area contributed by atoms with E-state index < -0.39 is 5.97 Å². The van der Waals surface area contributed by atoms with E-state index in [1.807, 2.05) is 62.4 Å². The van der Waals surface area contributed by atoms with Crippen molar-refractivity contribution in [3.8, 4) is 17.1 Å². The van der Waals surface area contributed by atoms with E-state index in [0.29, 0.717) is 11.6 Å². The van der Waals surface area contributed by atoms with Gasteiger partial charge in [0, 0.05) is 0 Å². The fourth-order valence-corrected chi connectivity index (χ4v) is 3.07. The molecule has 0 bridgehead atoms. The molecule has 0 fully saturated rings. The summed E-state index contributed by atoms with van der Waals surface area (Å²) in [5.74, 6) is 0.252. The van der Waals surface area contributed by atoms with E-state index in [4.69, 9.17) is 4.74 Å². The number of hydrogen-bond acceptors (Lipinski definition) is 3. The van der Waals surface area contributed by atoms with Crippen molar-refractivity contribution in [2.45, 2.75) is 19.9 Å². The average molecular weight is 336 g/mol. The highest BCUT2D eigenvalue weighted by Crippen LogP contribution is 2.35. The Morgan fingerprint density at radius 1 is 1.16 bits per heavy atom. The first kappa shape index (κ1) is 16.8. The first-order chi connectivity index (χ1) is 12.0. The van der Waals surface area contributed by atoms with Crippen LogP contribution in [0.2, 0.25) is 0 Å². The molecule has 2 aromatic carbocycles. The summed E-state index contributed by atoms with van der Waals surface area (Å²) in [4.78, 5) is 16.2. The lowest BCUT2D eigenvalue weighted by Crippen LogP contribution is -2.15. The highest BCUT2D eigenvalue weighted by atomic mass is 16.5. The second kappa shape index (κ2) is 6.81. The van der Waals surface area contributed by atoms with Crippen molar-refractivity contribution in [2.75, 3.05) is 7.11 Å². The molecule has 0 aliphatic rings. The molecular weight excluding hydrogens is 316 g/mol. The molecule has 25 heavy (non-hydrogen) atoms. The Labute approximate surface area is 146 Å². The van der Waals surface area contributed by atoms with Crippen LogP contribution in [0.3, 0.4) is 0 Å². The van der Waals surface area contributed by atoms with Gasteiger partial charge in [-0.15, -0.1) is 0 Å². The fourth-order valence-electron chi connectivity index (χ4n) is 3.07. The largest absolute Gasteiger partial charge is 0.496 e. The Morgan fingerprint density at radius 2 is 1.88 bits per heavy atom. The van der Waals surface area contributed by atoms with Crippen molar-refractivity contribution < 1.29 is 14.6 Å². The first-order valence-corrected chi connectivity index (χ1v) is 8.04. The number of hydrogen-bond donors (Lipinski definition) is 1. The van der Waals surface area contributed by atoms with E-state index in [2.05, 4.69) is 4.98 Å². The first-order valence-electron chi connectivity index (χ1n) is 8.04. The summed E-state index contributed by atoms with van der Waals surface area (Å²) in [6, 6.07) is 15.3. The molecule has 128 valence electrons. The van der Waals surface area contributed by atoms with Gasteiger partial charge in [-0.3, -0.25) is 0 Å². The summed E-state index contributed by atoms with van der Waals surface area (Å²) in [5.41, 5.74) is 2.94. The molecule has 0 aliphatic carbocycles. The van der Waals surface area contributed by atoms with Crippen LogP contribution in [0, 0.1) is 6.92 Å². The maximum atomic E-state index is 11.7. The summed E-state index contributed by atoms with van der Waals surface area (Å²) in [7, 11) is 1.60. The van der Waals surface area contributed by atoms with Crippen LogP contribution in [-0.4, -0.2) is 27.7 Å². The quantitative estimate of drug-likeness (QED) is 0.759. The van der Waals surface area contributed by atoms with E-state index in [-0.39, 0.29) is 11.7 Å². The molecule has 0 saturated carbocycles. The molecule has 3 aromatic rings. The van der Waals surface area contributed by atoms with E-state index in [0.717, 1.165) is 16.7 Å². The van der Waals surface area contributed by atoms with E-state index >= 15 is 0 Å². The number of methoxy groups -OCH3 is 1. The van der Waals surface area contributed by atoms with Crippen LogP contribution >= 0.6 is 0 Å². The van der Waals surface area contributed by atoms with Crippen LogP contribution in [-0.2, 0) is 0 Å². The zero-order valence-electron chi connectivity index (χ0n) is 14.4. The second-order valence-corrected chi connectivity index (χ2v) is 5.88. The van der Waals surface area contributed by atoms with Crippen LogP contribution < -0.4 is 4.74 Å². The molecule has 1 N–H and O–H groups in total. The minimum absolute atomic E-state index is 0.150. The van der Waals surface area contributed by atoms with Gasteiger partial charge in [0.05, 0.1) is 24.9 Å². The van der Waals surface area contributed by atoms with Crippen molar-refractivity contribution in [2.24, 2.45) is 0 Å². The van der Waals surface area contributed by atoms with Crippen molar-refractivity contribution in [3.05, 3.63) is 71.5 Å². The maximum Gasteiger partial charge on any atom is 0.354 e. The molecule has 1 aromatic heterocycles. The van der Waals surface area contributed by atoms with Gasteiger partial charge in [0.15, 0.2) is 0 Å². The van der Waals surface area contributed by atoms with Gasteiger partial charge in [0.25, 0.3) is 0 Å². The zero-order chi connectivity index (χ0) is 18.0. The number of aromatic nitrogens is 2. The molecule has 3 rings (SSSR count). The van der Waals surface area contributed by atoms with Gasteiger partial charge in [-0.1, -0.05) is 42.5 Å². The molecule has 0 aliphatic heterocycles. The van der Waals surface area contributed by atoms with Crippen molar-refractivity contribution >= 4 is 5.97 Å². The fraction of sp³-hybridized carbons (Fsp3) is 0.200. The number of benzene rings is 2. The third-order valence-electron chi connectivity index (χ3n) is 4.36. The number of aromatic carboxylic acids is 1. The number of carboxylic acid groups (broad SMARTS) is 1. The minimum atomic E-state index is -1.01. The predicted octanol–water partition coefficient (Wildman–Crippen LogP) is 4.17. The van der Waals surface area contributed by atoms with Gasteiger partial charge in [-0.25, -0.2) is 9.78 Å². The lowest BCUT2D eigenvalue weighted by atomic mass is 10.0. The Kier molecular flexibility index (Phi) is 4.57. The lowest BCUT2D eigenvalue weighted by Gasteiger charge is -2.20. The summed E-state index contributed by atoms with van der Waals surface area (Å²) < 4.78 is 7.24. The average Bonchev–Trinajstić information content (AvgIpc) is 3.06. The topological polar surface area (TPSA) is 64.3 Å². The number of nitrogens with zero attached hydrogens (tertiary/aromatic N) is 2. The van der Waals surface area contributed by atoms with Gasteiger partial charge in [-0.05, 0) is 31.0 Å². The van der Waals surface area contributed by atoms with Crippen molar-refractivity contribution in [1.82, 2.24) is 9.55 Å². The van der Waals surface area contributed by atoms with Crippen LogP contribution in [0.5, 0.6) is 5.75 Å². The summed E-state index contributed by atoms with van der Waals surface area (Å²) in [6.45, 7) is 3.93. The second-order valence-electron chi connectivity index (χ2n) is 5.88. The molecular formula is C20H20N2O3. The normalized spacial score (nSPS) is 12.0. The van der Waals surface area contributed by atoms with Gasteiger partial charge in [-0.2, -0.15) is 0 Å². The number of ether oxygens (including phenoxy) is 1. The molecule has 5 nitrogen and oxygen atoms in total. The van der Waals surface area contributed by atoms with Crippen LogP contribution in [0.4, 0.5) is 0 Å². The molecule has 0 saturated heterocycles. The standard InChI is InChI=1S/C20H20N2O3/c1-13-8-7-11-17(25-3)18(13)19-21-12-16(20(23)24)22(19)14(2)15-9-5-4-6-10-15/h4-12,14H,1-3H3,(H,23,24)/t14-/m1/s1. The number of carbonyl (C=O) groups is 1. The van der Waals surface area contributed by atoms with Crippen LogP contribution in [0.15, 0.2) is 54.7 Å². The predicted molar refractivity (Wildman–Crippen MR) is 96.2 cm³/mol. The molecule has 0 radical (unpaired) electrons. The number of rotatable bonds is 5. The highest BCUT2D eigenvalue weighted by Gasteiger charge is 2.24. The Morgan fingerprint density at radius 3 is 2.52 bits per heavy atom. The SMILES string of the molecule is COc1cccc(C)c1-c1ncc(C(=O)O)n1[C@H](C)c1ccccc1. The third-order valence-corrected chi connectivity index (χ3v) is 4.36. The highest BCUT2D eigenvalue weighted by molar-refractivity contribution is 5.87. The minimum Gasteiger partial charge on any atom is -0.496 e. The lowest BCUT2D eigenvalue weighted by molar-refractivity contribution is 0.0684. The Balaban J connectivity index is 2.25. The third kappa shape index (κ3) is 3.01. The molecule has 1 atom stereocenters. The van der Waals surface area contributed by atoms with E-state index in [1.54, 1.807) is 11.7 Å². The van der Waals surface area contributed by atoms with Gasteiger partial charge < -0.3 is 14.4 Å². The van der Waals surface area contributed by atoms with Crippen molar-refractivity contribution in [1.29, 1.82) is 0 Å². The number of carboxylic acids is 1. The van der Waals surface area contributed by atoms with Crippen molar-refractivity contribution in [3.63, 3.8) is 0 Å². The molecule has 0 spiro atoms. The Bertz CT molecular complexity index is 901. The van der Waals surface area contributed by atoms with E-state index in [1.165, 1.54) is 6.20 Å². The molecule has 5 heteroatoms. The molecule has 0 amide bonds. The van der Waals surface area contributed by atoms with E-state index in [9.17, 15) is 9.90 Å². The van der Waals surface area contributed by atoms with Crippen LogP contribution in [0.1, 0.15) is 34.6 Å². The molecule has 1 heterocycles. The van der Waals surface area contributed by atoms with Crippen LogP contribution in [0.25, 0.3) is 11.4 Å². The zero-order valence-corrected chi connectivity index (χ0v) is 14.4. The summed E-state index contributed by atoms with van der Waals surface area (Å²) >= 11 is 0. The summed E-state index contributed by atoms with van der Waals surface area (Å²) in [6.07, 6.45) is 1.41. The van der Waals surface area contributed by atoms with Gasteiger partial charge in [0.1, 0.15) is 17.3 Å².